The second-order valence-corrected chi connectivity index (χ2v) is 6.01. The summed E-state index contributed by atoms with van der Waals surface area (Å²) >= 11 is 1.78. The molecule has 0 spiro atoms. The van der Waals surface area contributed by atoms with E-state index in [1.54, 1.807) is 11.3 Å². The van der Waals surface area contributed by atoms with Crippen molar-refractivity contribution in [3.8, 4) is 0 Å². The maximum absolute atomic E-state index is 4.25. The molecule has 1 atom stereocenters. The Bertz CT molecular complexity index is 315. The number of nitrogens with zero attached hydrogens (tertiary/aromatic N) is 1. The highest BCUT2D eigenvalue weighted by Gasteiger charge is 2.27. The van der Waals surface area contributed by atoms with Crippen molar-refractivity contribution in [1.29, 1.82) is 0 Å². The highest BCUT2D eigenvalue weighted by Crippen LogP contribution is 2.23. The van der Waals surface area contributed by atoms with Crippen molar-refractivity contribution in [2.75, 3.05) is 19.6 Å². The normalized spacial score (nSPS) is 26.0. The van der Waals surface area contributed by atoms with Gasteiger partial charge in [0.15, 0.2) is 0 Å². The molecule has 2 rings (SSSR count). The van der Waals surface area contributed by atoms with Gasteiger partial charge in [0.1, 0.15) is 0 Å². The van der Waals surface area contributed by atoms with E-state index in [2.05, 4.69) is 29.5 Å². The van der Waals surface area contributed by atoms with E-state index in [0.29, 0.717) is 5.41 Å². The lowest BCUT2D eigenvalue weighted by Crippen LogP contribution is -2.33. The van der Waals surface area contributed by atoms with Gasteiger partial charge in [-0.1, -0.05) is 6.92 Å². The average molecular weight is 225 g/mol. The summed E-state index contributed by atoms with van der Waals surface area (Å²) in [6, 6.07) is 0. The van der Waals surface area contributed by atoms with Crippen molar-refractivity contribution >= 4 is 11.3 Å². The molecule has 1 aliphatic heterocycles. The Balaban J connectivity index is 1.75. The topological polar surface area (TPSA) is 37.0 Å². The third-order valence-electron chi connectivity index (χ3n) is 2.98. The molecule has 1 unspecified atom stereocenters. The molecule has 0 amide bonds. The zero-order valence-electron chi connectivity index (χ0n) is 9.47. The van der Waals surface area contributed by atoms with Gasteiger partial charge in [-0.2, -0.15) is 0 Å². The first-order valence-electron chi connectivity index (χ1n) is 5.51. The van der Waals surface area contributed by atoms with Crippen LogP contribution in [0.3, 0.4) is 0 Å². The highest BCUT2D eigenvalue weighted by molar-refractivity contribution is 7.11. The molecule has 15 heavy (non-hydrogen) atoms. The number of nitrogens with one attached hydrogen (secondary N) is 2. The van der Waals surface area contributed by atoms with Crippen LogP contribution in [-0.4, -0.2) is 24.6 Å². The van der Waals surface area contributed by atoms with E-state index in [-0.39, 0.29) is 0 Å². The van der Waals surface area contributed by atoms with Crippen LogP contribution >= 0.6 is 11.3 Å². The van der Waals surface area contributed by atoms with Crippen molar-refractivity contribution in [3.63, 3.8) is 0 Å². The van der Waals surface area contributed by atoms with Crippen molar-refractivity contribution in [3.05, 3.63) is 16.1 Å². The van der Waals surface area contributed by atoms with Gasteiger partial charge in [0.25, 0.3) is 0 Å². The first-order valence-corrected chi connectivity index (χ1v) is 6.32. The summed E-state index contributed by atoms with van der Waals surface area (Å²) in [5.74, 6) is 0. The van der Waals surface area contributed by atoms with E-state index in [0.717, 1.165) is 31.2 Å². The first-order chi connectivity index (χ1) is 7.18. The van der Waals surface area contributed by atoms with Crippen LogP contribution in [0.5, 0.6) is 0 Å². The smallest absolute Gasteiger partial charge is 0.0897 e. The predicted octanol–water partition coefficient (Wildman–Crippen LogP) is 1.54. The van der Waals surface area contributed by atoms with Crippen LogP contribution in [-0.2, 0) is 6.54 Å². The zero-order chi connectivity index (χ0) is 10.7. The van der Waals surface area contributed by atoms with Crippen molar-refractivity contribution in [2.45, 2.75) is 26.8 Å². The molecule has 0 saturated carbocycles. The molecule has 1 fully saturated rings. The Labute approximate surface area is 95.3 Å². The van der Waals surface area contributed by atoms with Gasteiger partial charge in [-0.05, 0) is 25.3 Å². The van der Waals surface area contributed by atoms with E-state index in [4.69, 9.17) is 0 Å². The van der Waals surface area contributed by atoms with E-state index in [1.165, 1.54) is 11.3 Å². The Morgan fingerprint density at radius 3 is 3.13 bits per heavy atom. The van der Waals surface area contributed by atoms with Crippen LogP contribution in [0, 0.1) is 12.3 Å². The molecule has 1 aromatic heterocycles. The van der Waals surface area contributed by atoms with Gasteiger partial charge < -0.3 is 10.6 Å². The second kappa shape index (κ2) is 4.60. The molecule has 1 saturated heterocycles. The predicted molar refractivity (Wildman–Crippen MR) is 64.2 cm³/mol. The van der Waals surface area contributed by atoms with Crippen molar-refractivity contribution in [2.24, 2.45) is 5.41 Å². The number of hydrogen-bond acceptors (Lipinski definition) is 4. The quantitative estimate of drug-likeness (QED) is 0.816. The van der Waals surface area contributed by atoms with Gasteiger partial charge in [-0.15, -0.1) is 11.3 Å². The molecule has 0 radical (unpaired) electrons. The minimum atomic E-state index is 0.444. The summed E-state index contributed by atoms with van der Waals surface area (Å²) in [6.07, 6.45) is 3.25. The summed E-state index contributed by atoms with van der Waals surface area (Å²) in [7, 11) is 0. The molecule has 84 valence electrons. The molecule has 0 bridgehead atoms. The summed E-state index contributed by atoms with van der Waals surface area (Å²) in [5, 5.41) is 8.10. The number of thiazole rings is 1. The molecule has 4 heteroatoms. The van der Waals surface area contributed by atoms with E-state index in [9.17, 15) is 0 Å². The van der Waals surface area contributed by atoms with Crippen LogP contribution in [0.4, 0.5) is 0 Å². The van der Waals surface area contributed by atoms with Crippen LogP contribution in [0.2, 0.25) is 0 Å². The van der Waals surface area contributed by atoms with Gasteiger partial charge in [0.05, 0.1) is 5.01 Å². The SMILES string of the molecule is Cc1ncc(CNCC2(C)CCNC2)s1. The van der Waals surface area contributed by atoms with Crippen LogP contribution in [0.25, 0.3) is 0 Å². The molecular formula is C11H19N3S. The van der Waals surface area contributed by atoms with Crippen molar-refractivity contribution < 1.29 is 0 Å². The largest absolute Gasteiger partial charge is 0.316 e. The van der Waals surface area contributed by atoms with E-state index < -0.39 is 0 Å². The molecule has 1 aliphatic rings. The molecule has 2 heterocycles. The maximum Gasteiger partial charge on any atom is 0.0897 e. The monoisotopic (exact) mass is 225 g/mol. The number of hydrogen-bond donors (Lipinski definition) is 2. The summed E-state index contributed by atoms with van der Waals surface area (Å²) < 4.78 is 0. The number of rotatable bonds is 4. The molecule has 3 nitrogen and oxygen atoms in total. The lowest BCUT2D eigenvalue weighted by atomic mass is 9.90. The lowest BCUT2D eigenvalue weighted by molar-refractivity contribution is 0.340. The minimum absolute atomic E-state index is 0.444. The van der Waals surface area contributed by atoms with Gasteiger partial charge in [-0.3, -0.25) is 0 Å². The highest BCUT2D eigenvalue weighted by atomic mass is 32.1. The maximum atomic E-state index is 4.25. The minimum Gasteiger partial charge on any atom is -0.316 e. The van der Waals surface area contributed by atoms with Gasteiger partial charge >= 0.3 is 0 Å². The number of aromatic nitrogens is 1. The van der Waals surface area contributed by atoms with Gasteiger partial charge in [-0.25, -0.2) is 4.98 Å². The first kappa shape index (κ1) is 11.0. The zero-order valence-corrected chi connectivity index (χ0v) is 10.3. The Morgan fingerprint density at radius 1 is 1.67 bits per heavy atom. The molecule has 2 N–H and O–H groups in total. The van der Waals surface area contributed by atoms with Crippen LogP contribution in [0.1, 0.15) is 23.2 Å². The fourth-order valence-corrected chi connectivity index (χ4v) is 2.76. The van der Waals surface area contributed by atoms with Crippen molar-refractivity contribution in [1.82, 2.24) is 15.6 Å². The summed E-state index contributed by atoms with van der Waals surface area (Å²) in [6.45, 7) is 8.76. The Morgan fingerprint density at radius 2 is 2.53 bits per heavy atom. The molecule has 0 aliphatic carbocycles. The van der Waals surface area contributed by atoms with Gasteiger partial charge in [0.2, 0.25) is 0 Å². The van der Waals surface area contributed by atoms with Crippen LogP contribution in [0.15, 0.2) is 6.20 Å². The summed E-state index contributed by atoms with van der Waals surface area (Å²) in [4.78, 5) is 5.59. The van der Waals surface area contributed by atoms with Crippen LogP contribution < -0.4 is 10.6 Å². The fraction of sp³-hybridized carbons (Fsp3) is 0.727. The third-order valence-corrected chi connectivity index (χ3v) is 3.89. The number of aryl methyl sites for hydroxylation is 1. The van der Waals surface area contributed by atoms with Gasteiger partial charge in [0, 0.05) is 30.7 Å². The molecule has 1 aromatic rings. The lowest BCUT2D eigenvalue weighted by Gasteiger charge is -2.22. The van der Waals surface area contributed by atoms with E-state index >= 15 is 0 Å². The third kappa shape index (κ3) is 3.00. The summed E-state index contributed by atoms with van der Waals surface area (Å²) in [5.41, 5.74) is 0.444. The Kier molecular flexibility index (Phi) is 3.38. The average Bonchev–Trinajstić information content (AvgIpc) is 2.76. The second-order valence-electron chi connectivity index (χ2n) is 4.69. The Hall–Kier alpha value is -0.450. The molecule has 0 aromatic carbocycles. The fourth-order valence-electron chi connectivity index (χ4n) is 1.99. The van der Waals surface area contributed by atoms with E-state index in [1.807, 2.05) is 6.20 Å². The standard InChI is InChI=1S/C11H19N3S/c1-9-14-6-10(15-9)5-13-8-11(2)3-4-12-7-11/h6,12-13H,3-5,7-8H2,1-2H3. The molecular weight excluding hydrogens is 206 g/mol.